The number of carbonyl (C=O) groups excluding carboxylic acids is 1. The van der Waals surface area contributed by atoms with Crippen molar-refractivity contribution in [2.24, 2.45) is 7.05 Å². The molecule has 0 saturated heterocycles. The van der Waals surface area contributed by atoms with Gasteiger partial charge in [0.05, 0.1) is 5.56 Å². The number of hydrogen-bond acceptors (Lipinski definition) is 4. The predicted molar refractivity (Wildman–Crippen MR) is 120 cm³/mol. The fourth-order valence-corrected chi connectivity index (χ4v) is 3.78. The third kappa shape index (κ3) is 3.30. The van der Waals surface area contributed by atoms with Crippen molar-refractivity contribution in [3.05, 3.63) is 82.5 Å². The molecule has 0 aliphatic heterocycles. The Kier molecular flexibility index (Phi) is 4.43. The van der Waals surface area contributed by atoms with Crippen molar-refractivity contribution >= 4 is 33.5 Å². The smallest absolute Gasteiger partial charge is 0.259 e. The quantitative estimate of drug-likeness (QED) is 0.455. The van der Waals surface area contributed by atoms with E-state index in [1.165, 1.54) is 0 Å². The highest BCUT2D eigenvalue weighted by atomic mass is 16.3. The van der Waals surface area contributed by atoms with Crippen LogP contribution in [0, 0.1) is 0 Å². The molecule has 7 heteroatoms. The molecule has 0 unspecified atom stereocenters. The number of aromatic nitrogens is 3. The van der Waals surface area contributed by atoms with Crippen molar-refractivity contribution in [3.8, 4) is 11.3 Å². The minimum absolute atomic E-state index is 0.0753. The van der Waals surface area contributed by atoms with Crippen LogP contribution in [0.3, 0.4) is 0 Å². The second-order valence-corrected chi connectivity index (χ2v) is 7.44. The number of amides is 1. The number of nitrogens with zero attached hydrogens (tertiary/aromatic N) is 2. The highest BCUT2D eigenvalue weighted by molar-refractivity contribution is 6.10. The minimum atomic E-state index is -0.311. The Morgan fingerprint density at radius 2 is 2.00 bits per heavy atom. The van der Waals surface area contributed by atoms with Crippen molar-refractivity contribution in [1.82, 2.24) is 14.8 Å². The number of benzene rings is 2. The lowest BCUT2D eigenvalue weighted by Crippen LogP contribution is -2.13. The second kappa shape index (κ2) is 7.28. The number of para-hydroxylation sites is 1. The van der Waals surface area contributed by atoms with Crippen LogP contribution in [0.1, 0.15) is 23.0 Å². The number of H-pyrrole nitrogens is 1. The monoisotopic (exact) mass is 412 g/mol. The molecule has 0 radical (unpaired) electrons. The molecule has 1 amide bonds. The summed E-state index contributed by atoms with van der Waals surface area (Å²) in [6.07, 6.45) is 4.04. The van der Waals surface area contributed by atoms with Gasteiger partial charge in [-0.1, -0.05) is 25.1 Å². The molecule has 5 rings (SSSR count). The van der Waals surface area contributed by atoms with E-state index in [0.717, 1.165) is 34.2 Å². The number of aryl methyl sites for hydroxylation is 2. The van der Waals surface area contributed by atoms with Gasteiger partial charge < -0.3 is 14.7 Å². The molecule has 0 bridgehead atoms. The predicted octanol–water partition coefficient (Wildman–Crippen LogP) is 4.49. The lowest BCUT2D eigenvalue weighted by atomic mass is 10.1. The van der Waals surface area contributed by atoms with Gasteiger partial charge in [0.2, 0.25) is 0 Å². The molecule has 0 saturated carbocycles. The Morgan fingerprint density at radius 3 is 2.84 bits per heavy atom. The molecular formula is C24H20N4O3. The molecule has 0 fully saturated rings. The summed E-state index contributed by atoms with van der Waals surface area (Å²) < 4.78 is 7.23. The van der Waals surface area contributed by atoms with Gasteiger partial charge in [0.15, 0.2) is 5.43 Å². The van der Waals surface area contributed by atoms with E-state index in [4.69, 9.17) is 4.42 Å². The maximum atomic E-state index is 13.1. The van der Waals surface area contributed by atoms with Crippen molar-refractivity contribution in [2.45, 2.75) is 13.3 Å². The van der Waals surface area contributed by atoms with Gasteiger partial charge >= 0.3 is 0 Å². The molecule has 0 spiro atoms. The third-order valence-electron chi connectivity index (χ3n) is 5.33. The van der Waals surface area contributed by atoms with Gasteiger partial charge in [-0.25, -0.2) is 0 Å². The zero-order chi connectivity index (χ0) is 21.5. The number of aromatic amines is 1. The molecular weight excluding hydrogens is 392 g/mol. The average molecular weight is 412 g/mol. The van der Waals surface area contributed by atoms with Crippen molar-refractivity contribution in [1.29, 1.82) is 0 Å². The third-order valence-corrected chi connectivity index (χ3v) is 5.33. The maximum Gasteiger partial charge on any atom is 0.259 e. The standard InChI is InChI=1S/C24H20N4O3/c1-3-14-11-21(29)17-10-15(8-9-20(17)25-14)26-24(30)18-12-28(2)27-23(18)19-13-31-22-7-5-4-6-16(19)22/h4-13H,3H2,1-2H3,(H,25,29)(H,26,30). The molecule has 7 nitrogen and oxygen atoms in total. The first-order chi connectivity index (χ1) is 15.0. The van der Waals surface area contributed by atoms with E-state index in [1.54, 1.807) is 48.5 Å². The Morgan fingerprint density at radius 1 is 1.16 bits per heavy atom. The number of furan rings is 1. The van der Waals surface area contributed by atoms with Crippen LogP contribution in [0.5, 0.6) is 0 Å². The Balaban J connectivity index is 1.52. The van der Waals surface area contributed by atoms with Crippen molar-refractivity contribution in [3.63, 3.8) is 0 Å². The molecule has 31 heavy (non-hydrogen) atoms. The lowest BCUT2D eigenvalue weighted by molar-refractivity contribution is 0.102. The van der Waals surface area contributed by atoms with Gasteiger partial charge in [0.1, 0.15) is 17.5 Å². The molecule has 154 valence electrons. The summed E-state index contributed by atoms with van der Waals surface area (Å²) >= 11 is 0. The first-order valence-electron chi connectivity index (χ1n) is 10.0. The van der Waals surface area contributed by atoms with Gasteiger partial charge in [0.25, 0.3) is 5.91 Å². The summed E-state index contributed by atoms with van der Waals surface area (Å²) in [5, 5.41) is 8.80. The first-order valence-corrected chi connectivity index (χ1v) is 10.0. The van der Waals surface area contributed by atoms with Crippen LogP contribution < -0.4 is 10.7 Å². The summed E-state index contributed by atoms with van der Waals surface area (Å²) in [5.41, 5.74) is 4.53. The summed E-state index contributed by atoms with van der Waals surface area (Å²) in [6, 6.07) is 14.5. The van der Waals surface area contributed by atoms with Crippen LogP contribution in [0.25, 0.3) is 33.1 Å². The highest BCUT2D eigenvalue weighted by Crippen LogP contribution is 2.32. The molecule has 0 aliphatic carbocycles. The number of fused-ring (bicyclic) bond motifs is 2. The van der Waals surface area contributed by atoms with Crippen LogP contribution in [0.4, 0.5) is 5.69 Å². The van der Waals surface area contributed by atoms with Crippen molar-refractivity contribution < 1.29 is 9.21 Å². The second-order valence-electron chi connectivity index (χ2n) is 7.44. The van der Waals surface area contributed by atoms with Crippen LogP contribution in [0.2, 0.25) is 0 Å². The SMILES string of the molecule is CCc1cc(=O)c2cc(NC(=O)c3cn(C)nc3-c3coc4ccccc34)ccc2[nH]1. The van der Waals surface area contributed by atoms with E-state index < -0.39 is 0 Å². The maximum absolute atomic E-state index is 13.1. The Bertz CT molecular complexity index is 1510. The fourth-order valence-electron chi connectivity index (χ4n) is 3.78. The van der Waals surface area contributed by atoms with E-state index in [9.17, 15) is 9.59 Å². The molecule has 3 heterocycles. The number of hydrogen-bond donors (Lipinski definition) is 2. The Labute approximate surface area is 177 Å². The topological polar surface area (TPSA) is 92.9 Å². The normalized spacial score (nSPS) is 11.3. The number of carbonyl (C=O) groups is 1. The van der Waals surface area contributed by atoms with E-state index in [2.05, 4.69) is 15.4 Å². The number of anilines is 1. The number of nitrogens with one attached hydrogen (secondary N) is 2. The largest absolute Gasteiger partial charge is 0.464 e. The van der Waals surface area contributed by atoms with Crippen molar-refractivity contribution in [2.75, 3.05) is 5.32 Å². The fraction of sp³-hybridized carbons (Fsp3) is 0.125. The summed E-state index contributed by atoms with van der Waals surface area (Å²) in [4.78, 5) is 28.8. The lowest BCUT2D eigenvalue weighted by Gasteiger charge is -2.07. The van der Waals surface area contributed by atoms with E-state index in [0.29, 0.717) is 22.3 Å². The summed E-state index contributed by atoms with van der Waals surface area (Å²) in [7, 11) is 1.77. The summed E-state index contributed by atoms with van der Waals surface area (Å²) in [6.45, 7) is 1.99. The van der Waals surface area contributed by atoms with E-state index >= 15 is 0 Å². The van der Waals surface area contributed by atoms with Crippen LogP contribution in [-0.4, -0.2) is 20.7 Å². The Hall–Kier alpha value is -4.13. The number of pyridine rings is 1. The highest BCUT2D eigenvalue weighted by Gasteiger charge is 2.21. The van der Waals surface area contributed by atoms with Gasteiger partial charge in [0, 0.05) is 52.5 Å². The van der Waals surface area contributed by atoms with Gasteiger partial charge in [-0.2, -0.15) is 5.10 Å². The van der Waals surface area contributed by atoms with Gasteiger partial charge in [-0.3, -0.25) is 14.3 Å². The number of rotatable bonds is 4. The van der Waals surface area contributed by atoms with E-state index in [1.807, 2.05) is 31.2 Å². The zero-order valence-corrected chi connectivity index (χ0v) is 17.1. The first kappa shape index (κ1) is 18.9. The van der Waals surface area contributed by atoms with Gasteiger partial charge in [-0.05, 0) is 30.7 Å². The van der Waals surface area contributed by atoms with Crippen LogP contribution in [0.15, 0.2) is 70.2 Å². The molecule has 3 aromatic heterocycles. The molecule has 0 atom stereocenters. The van der Waals surface area contributed by atoms with Gasteiger partial charge in [-0.15, -0.1) is 0 Å². The molecule has 2 aromatic carbocycles. The minimum Gasteiger partial charge on any atom is -0.464 e. The van der Waals surface area contributed by atoms with E-state index in [-0.39, 0.29) is 11.3 Å². The molecule has 0 aliphatic rings. The zero-order valence-electron chi connectivity index (χ0n) is 17.1. The van der Waals surface area contributed by atoms with Crippen LogP contribution in [-0.2, 0) is 13.5 Å². The molecule has 5 aromatic rings. The molecule has 2 N–H and O–H groups in total. The summed E-state index contributed by atoms with van der Waals surface area (Å²) in [5.74, 6) is -0.311. The van der Waals surface area contributed by atoms with Crippen LogP contribution >= 0.6 is 0 Å². The average Bonchev–Trinajstić information content (AvgIpc) is 3.37.